The van der Waals surface area contributed by atoms with Crippen LogP contribution in [0.2, 0.25) is 0 Å². The number of nitrogens with one attached hydrogen (secondary N) is 2. The van der Waals surface area contributed by atoms with Crippen LogP contribution < -0.4 is 14.8 Å². The van der Waals surface area contributed by atoms with Gasteiger partial charge in [0, 0.05) is 11.4 Å². The number of hydrogen-bond donors (Lipinski definition) is 2. The number of hydrogen-bond acceptors (Lipinski definition) is 4. The van der Waals surface area contributed by atoms with Gasteiger partial charge in [0.2, 0.25) is 10.0 Å². The van der Waals surface area contributed by atoms with Gasteiger partial charge < -0.3 is 10.1 Å². The Morgan fingerprint density at radius 1 is 1.08 bits per heavy atom. The quantitative estimate of drug-likeness (QED) is 0.841. The van der Waals surface area contributed by atoms with Crippen LogP contribution in [0.4, 0.5) is 11.4 Å². The number of aryl methyl sites for hydroxylation is 1. The van der Waals surface area contributed by atoms with Crippen molar-refractivity contribution in [2.24, 2.45) is 0 Å². The van der Waals surface area contributed by atoms with Crippen molar-refractivity contribution in [3.8, 4) is 5.75 Å². The van der Waals surface area contributed by atoms with E-state index < -0.39 is 16.1 Å². The fourth-order valence-electron chi connectivity index (χ4n) is 2.03. The maximum absolute atomic E-state index is 12.2. The monoisotopic (exact) mass is 348 g/mol. The van der Waals surface area contributed by atoms with Gasteiger partial charge >= 0.3 is 0 Å². The third kappa shape index (κ3) is 5.58. The smallest absolute Gasteiger partial charge is 0.265 e. The fraction of sp³-hybridized carbons (Fsp3) is 0.235. The number of rotatable bonds is 6. The van der Waals surface area contributed by atoms with E-state index in [2.05, 4.69) is 10.0 Å². The standard InChI is InChI=1S/C17H20N2O4S/c1-12-5-4-6-16(11-12)23-13(2)17(20)18-14-7-9-15(10-8-14)19-24(3,21)22/h4-11,13,19H,1-3H3,(H,18,20). The van der Waals surface area contributed by atoms with Crippen molar-refractivity contribution in [3.63, 3.8) is 0 Å². The first kappa shape index (κ1) is 17.8. The number of sulfonamides is 1. The van der Waals surface area contributed by atoms with Crippen LogP contribution in [0.25, 0.3) is 0 Å². The summed E-state index contributed by atoms with van der Waals surface area (Å²) in [5.74, 6) is 0.339. The summed E-state index contributed by atoms with van der Waals surface area (Å²) < 4.78 is 30.3. The van der Waals surface area contributed by atoms with Crippen LogP contribution in [0.5, 0.6) is 5.75 Å². The van der Waals surface area contributed by atoms with Crippen molar-refractivity contribution in [2.75, 3.05) is 16.3 Å². The number of anilines is 2. The molecule has 0 spiro atoms. The molecule has 1 unspecified atom stereocenters. The highest BCUT2D eigenvalue weighted by Gasteiger charge is 2.15. The molecule has 0 radical (unpaired) electrons. The summed E-state index contributed by atoms with van der Waals surface area (Å²) in [6.45, 7) is 3.61. The SMILES string of the molecule is Cc1cccc(OC(C)C(=O)Nc2ccc(NS(C)(=O)=O)cc2)c1. The van der Waals surface area contributed by atoms with E-state index >= 15 is 0 Å². The van der Waals surface area contributed by atoms with Crippen LogP contribution in [0, 0.1) is 6.92 Å². The van der Waals surface area contributed by atoms with Gasteiger partial charge in [-0.2, -0.15) is 0 Å². The average Bonchev–Trinajstić information content (AvgIpc) is 2.47. The van der Waals surface area contributed by atoms with Gasteiger partial charge in [-0.05, 0) is 55.8 Å². The van der Waals surface area contributed by atoms with Gasteiger partial charge in [0.25, 0.3) is 5.91 Å². The molecule has 6 nitrogen and oxygen atoms in total. The zero-order valence-electron chi connectivity index (χ0n) is 13.7. The summed E-state index contributed by atoms with van der Waals surface area (Å²) in [7, 11) is -3.32. The van der Waals surface area contributed by atoms with Crippen molar-refractivity contribution in [2.45, 2.75) is 20.0 Å². The van der Waals surface area contributed by atoms with Gasteiger partial charge in [-0.25, -0.2) is 8.42 Å². The lowest BCUT2D eigenvalue weighted by Crippen LogP contribution is -2.30. The van der Waals surface area contributed by atoms with E-state index in [0.717, 1.165) is 11.8 Å². The molecule has 0 saturated heterocycles. The van der Waals surface area contributed by atoms with E-state index in [9.17, 15) is 13.2 Å². The van der Waals surface area contributed by atoms with Gasteiger partial charge in [0.15, 0.2) is 6.10 Å². The molecule has 7 heteroatoms. The molecule has 0 heterocycles. The Hall–Kier alpha value is -2.54. The summed E-state index contributed by atoms with van der Waals surface area (Å²) in [6, 6.07) is 13.8. The Balaban J connectivity index is 1.96. The first-order valence-corrected chi connectivity index (χ1v) is 9.24. The lowest BCUT2D eigenvalue weighted by molar-refractivity contribution is -0.122. The highest BCUT2D eigenvalue weighted by molar-refractivity contribution is 7.92. The summed E-state index contributed by atoms with van der Waals surface area (Å²) >= 11 is 0. The van der Waals surface area contributed by atoms with E-state index in [0.29, 0.717) is 17.1 Å². The Morgan fingerprint density at radius 2 is 1.71 bits per heavy atom. The van der Waals surface area contributed by atoms with E-state index in [1.54, 1.807) is 37.3 Å². The molecule has 1 amide bonds. The molecule has 2 aromatic carbocycles. The molecule has 2 aromatic rings. The molecular weight excluding hydrogens is 328 g/mol. The number of carbonyl (C=O) groups is 1. The first-order chi connectivity index (χ1) is 11.2. The minimum Gasteiger partial charge on any atom is -0.481 e. The highest BCUT2D eigenvalue weighted by Crippen LogP contribution is 2.17. The summed E-state index contributed by atoms with van der Waals surface area (Å²) in [5, 5.41) is 2.73. The molecule has 2 N–H and O–H groups in total. The molecular formula is C17H20N2O4S. The van der Waals surface area contributed by atoms with Crippen LogP contribution in [0.15, 0.2) is 48.5 Å². The maximum atomic E-state index is 12.2. The fourth-order valence-corrected chi connectivity index (χ4v) is 2.59. The summed E-state index contributed by atoms with van der Waals surface area (Å²) in [5.41, 5.74) is 2.03. The van der Waals surface area contributed by atoms with Crippen molar-refractivity contribution in [1.82, 2.24) is 0 Å². The lowest BCUT2D eigenvalue weighted by Gasteiger charge is -2.15. The molecule has 0 fully saturated rings. The van der Waals surface area contributed by atoms with Crippen molar-refractivity contribution in [3.05, 3.63) is 54.1 Å². The first-order valence-electron chi connectivity index (χ1n) is 7.35. The molecule has 2 rings (SSSR count). The molecule has 24 heavy (non-hydrogen) atoms. The van der Waals surface area contributed by atoms with Gasteiger partial charge in [0.05, 0.1) is 6.26 Å². The van der Waals surface area contributed by atoms with Crippen LogP contribution in [-0.2, 0) is 14.8 Å². The van der Waals surface area contributed by atoms with Gasteiger partial charge in [-0.15, -0.1) is 0 Å². The maximum Gasteiger partial charge on any atom is 0.265 e. The highest BCUT2D eigenvalue weighted by atomic mass is 32.2. The molecule has 0 aromatic heterocycles. The topological polar surface area (TPSA) is 84.5 Å². The minimum absolute atomic E-state index is 0.291. The van der Waals surface area contributed by atoms with E-state index in [4.69, 9.17) is 4.74 Å². The van der Waals surface area contributed by atoms with Crippen molar-refractivity contribution >= 4 is 27.3 Å². The molecule has 128 valence electrons. The van der Waals surface area contributed by atoms with E-state index in [1.807, 2.05) is 25.1 Å². The Labute approximate surface area is 141 Å². The number of benzene rings is 2. The van der Waals surface area contributed by atoms with Gasteiger partial charge in [0.1, 0.15) is 5.75 Å². The predicted molar refractivity (Wildman–Crippen MR) is 94.8 cm³/mol. The largest absolute Gasteiger partial charge is 0.481 e. The third-order valence-electron chi connectivity index (χ3n) is 3.13. The summed E-state index contributed by atoms with van der Waals surface area (Å²) in [4.78, 5) is 12.2. The zero-order valence-corrected chi connectivity index (χ0v) is 14.6. The van der Waals surface area contributed by atoms with E-state index in [1.165, 1.54) is 0 Å². The summed E-state index contributed by atoms with van der Waals surface area (Å²) in [6.07, 6.45) is 0.410. The van der Waals surface area contributed by atoms with Gasteiger partial charge in [-0.3, -0.25) is 9.52 Å². The molecule has 0 aliphatic rings. The second-order valence-electron chi connectivity index (χ2n) is 5.52. The van der Waals surface area contributed by atoms with Crippen molar-refractivity contribution < 1.29 is 17.9 Å². The van der Waals surface area contributed by atoms with Gasteiger partial charge in [-0.1, -0.05) is 12.1 Å². The zero-order chi connectivity index (χ0) is 17.7. The molecule has 1 atom stereocenters. The average molecular weight is 348 g/mol. The molecule has 0 aliphatic carbocycles. The third-order valence-corrected chi connectivity index (χ3v) is 3.73. The normalized spacial score (nSPS) is 12.3. The molecule has 0 bridgehead atoms. The number of amides is 1. The van der Waals surface area contributed by atoms with Crippen molar-refractivity contribution in [1.29, 1.82) is 0 Å². The Kier molecular flexibility index (Phi) is 5.46. The van der Waals surface area contributed by atoms with Crippen LogP contribution >= 0.6 is 0 Å². The minimum atomic E-state index is -3.32. The Bertz CT molecular complexity index is 817. The lowest BCUT2D eigenvalue weighted by atomic mass is 10.2. The van der Waals surface area contributed by atoms with E-state index in [-0.39, 0.29) is 5.91 Å². The number of ether oxygens (including phenoxy) is 1. The predicted octanol–water partition coefficient (Wildman–Crippen LogP) is 2.77. The Morgan fingerprint density at radius 3 is 2.29 bits per heavy atom. The molecule has 0 saturated carbocycles. The van der Waals surface area contributed by atoms with Crippen LogP contribution in [-0.4, -0.2) is 26.7 Å². The number of carbonyl (C=O) groups excluding carboxylic acids is 1. The van der Waals surface area contributed by atoms with Crippen LogP contribution in [0.3, 0.4) is 0 Å². The second kappa shape index (κ2) is 7.35. The van der Waals surface area contributed by atoms with Crippen LogP contribution in [0.1, 0.15) is 12.5 Å². The second-order valence-corrected chi connectivity index (χ2v) is 7.27. The molecule has 0 aliphatic heterocycles.